The monoisotopic (exact) mass is 343 g/mol. The lowest BCUT2D eigenvalue weighted by molar-refractivity contribution is 0.0976. The Balaban J connectivity index is 2.18. The van der Waals surface area contributed by atoms with Gasteiger partial charge in [0.1, 0.15) is 12.7 Å². The highest BCUT2D eigenvalue weighted by Crippen LogP contribution is 2.45. The van der Waals surface area contributed by atoms with Gasteiger partial charge in [0.2, 0.25) is 0 Å². The van der Waals surface area contributed by atoms with Crippen molar-refractivity contribution >= 4 is 34.8 Å². The van der Waals surface area contributed by atoms with E-state index in [9.17, 15) is 0 Å². The van der Waals surface area contributed by atoms with E-state index < -0.39 is 0 Å². The van der Waals surface area contributed by atoms with Crippen LogP contribution in [0.25, 0.3) is 11.1 Å². The summed E-state index contributed by atoms with van der Waals surface area (Å²) < 4.78 is 11.6. The fourth-order valence-corrected chi connectivity index (χ4v) is 2.80. The molecule has 0 fully saturated rings. The van der Waals surface area contributed by atoms with Crippen molar-refractivity contribution in [1.82, 2.24) is 0 Å². The second-order valence-corrected chi connectivity index (χ2v) is 5.97. The van der Waals surface area contributed by atoms with E-state index in [1.807, 2.05) is 0 Å². The van der Waals surface area contributed by atoms with Gasteiger partial charge < -0.3 is 15.2 Å². The number of halogens is 3. The molecule has 6 heteroatoms. The molecule has 1 aliphatic heterocycles. The molecule has 1 heterocycles. The number of hydrogen-bond donors (Lipinski definition) is 1. The van der Waals surface area contributed by atoms with E-state index in [4.69, 9.17) is 50.0 Å². The zero-order valence-corrected chi connectivity index (χ0v) is 13.2. The van der Waals surface area contributed by atoms with Gasteiger partial charge in [-0.25, -0.2) is 0 Å². The molecule has 2 aromatic carbocycles. The second kappa shape index (κ2) is 5.93. The summed E-state index contributed by atoms with van der Waals surface area (Å²) in [6.07, 6.45) is -0.199. The van der Waals surface area contributed by atoms with Crippen molar-refractivity contribution in [3.05, 3.63) is 45.4 Å². The fraction of sp³-hybridized carbons (Fsp3) is 0.200. The molecule has 0 saturated heterocycles. The molecule has 1 aliphatic rings. The minimum absolute atomic E-state index is 0.199. The van der Waals surface area contributed by atoms with Gasteiger partial charge in [0.25, 0.3) is 0 Å². The van der Waals surface area contributed by atoms with Gasteiger partial charge in [-0.2, -0.15) is 0 Å². The maximum Gasteiger partial charge on any atom is 0.169 e. The standard InChI is InChI=1S/C15H12Cl3NO2/c16-8-1-2-13(18)11(3-8)12-4-9(17)5-14-15(12)21-10(6-19)7-20-14/h1-5,10H,6-7,19H2/t10-/m0/s1. The number of fused-ring (bicyclic) bond motifs is 1. The summed E-state index contributed by atoms with van der Waals surface area (Å²) in [5.41, 5.74) is 7.13. The van der Waals surface area contributed by atoms with Gasteiger partial charge >= 0.3 is 0 Å². The van der Waals surface area contributed by atoms with Crippen LogP contribution in [0.4, 0.5) is 0 Å². The van der Waals surface area contributed by atoms with Crippen LogP contribution in [0, 0.1) is 0 Å². The van der Waals surface area contributed by atoms with Gasteiger partial charge in [-0.3, -0.25) is 0 Å². The molecule has 0 aliphatic carbocycles. The topological polar surface area (TPSA) is 44.5 Å². The lowest BCUT2D eigenvalue weighted by Gasteiger charge is -2.28. The summed E-state index contributed by atoms with van der Waals surface area (Å²) in [4.78, 5) is 0. The van der Waals surface area contributed by atoms with E-state index in [2.05, 4.69) is 0 Å². The van der Waals surface area contributed by atoms with Crippen molar-refractivity contribution in [2.75, 3.05) is 13.2 Å². The molecule has 21 heavy (non-hydrogen) atoms. The van der Waals surface area contributed by atoms with E-state index in [0.29, 0.717) is 39.7 Å². The van der Waals surface area contributed by atoms with E-state index in [1.165, 1.54) is 0 Å². The largest absolute Gasteiger partial charge is 0.486 e. The second-order valence-electron chi connectivity index (χ2n) is 4.69. The molecule has 2 aromatic rings. The summed E-state index contributed by atoms with van der Waals surface area (Å²) in [6, 6.07) is 8.72. The van der Waals surface area contributed by atoms with Crippen molar-refractivity contribution in [3.8, 4) is 22.6 Å². The van der Waals surface area contributed by atoms with E-state index in [1.54, 1.807) is 30.3 Å². The van der Waals surface area contributed by atoms with Gasteiger partial charge in [-0.1, -0.05) is 34.8 Å². The van der Waals surface area contributed by atoms with Crippen LogP contribution in [0.3, 0.4) is 0 Å². The van der Waals surface area contributed by atoms with E-state index in [0.717, 1.165) is 11.1 Å². The van der Waals surface area contributed by atoms with Crippen LogP contribution in [-0.4, -0.2) is 19.3 Å². The Morgan fingerprint density at radius 1 is 1.05 bits per heavy atom. The van der Waals surface area contributed by atoms with Gasteiger partial charge in [0.05, 0.1) is 0 Å². The highest BCUT2D eigenvalue weighted by molar-refractivity contribution is 6.36. The number of benzene rings is 2. The first kappa shape index (κ1) is 14.8. The summed E-state index contributed by atoms with van der Waals surface area (Å²) in [7, 11) is 0. The van der Waals surface area contributed by atoms with Crippen LogP contribution in [0.15, 0.2) is 30.3 Å². The summed E-state index contributed by atoms with van der Waals surface area (Å²) in [6.45, 7) is 0.761. The highest BCUT2D eigenvalue weighted by atomic mass is 35.5. The predicted molar refractivity (Wildman–Crippen MR) is 85.9 cm³/mol. The van der Waals surface area contributed by atoms with E-state index >= 15 is 0 Å². The minimum Gasteiger partial charge on any atom is -0.486 e. The molecule has 0 amide bonds. The Morgan fingerprint density at radius 3 is 2.57 bits per heavy atom. The van der Waals surface area contributed by atoms with Gasteiger partial charge in [0.15, 0.2) is 11.5 Å². The predicted octanol–water partition coefficient (Wildman–Crippen LogP) is 4.41. The number of rotatable bonds is 2. The maximum atomic E-state index is 6.27. The van der Waals surface area contributed by atoms with Crippen LogP contribution in [0.5, 0.6) is 11.5 Å². The van der Waals surface area contributed by atoms with Gasteiger partial charge in [-0.15, -0.1) is 0 Å². The molecule has 0 aromatic heterocycles. The Morgan fingerprint density at radius 2 is 1.81 bits per heavy atom. The molecule has 1 atom stereocenters. The number of hydrogen-bond acceptors (Lipinski definition) is 3. The third-order valence-electron chi connectivity index (χ3n) is 3.21. The summed E-state index contributed by atoms with van der Waals surface area (Å²) >= 11 is 18.5. The van der Waals surface area contributed by atoms with Crippen LogP contribution in [0.1, 0.15) is 0 Å². The van der Waals surface area contributed by atoms with Crippen molar-refractivity contribution < 1.29 is 9.47 Å². The van der Waals surface area contributed by atoms with Gasteiger partial charge in [-0.05, 0) is 24.3 Å². The van der Waals surface area contributed by atoms with Crippen LogP contribution < -0.4 is 15.2 Å². The quantitative estimate of drug-likeness (QED) is 0.877. The Labute approximate surface area is 137 Å². The Bertz CT molecular complexity index is 691. The zero-order chi connectivity index (χ0) is 15.0. The average Bonchev–Trinajstić information content (AvgIpc) is 2.48. The lowest BCUT2D eigenvalue weighted by atomic mass is 10.0. The third-order valence-corrected chi connectivity index (χ3v) is 3.99. The average molecular weight is 345 g/mol. The van der Waals surface area contributed by atoms with Crippen LogP contribution in [0.2, 0.25) is 15.1 Å². The van der Waals surface area contributed by atoms with Crippen LogP contribution in [-0.2, 0) is 0 Å². The number of nitrogens with two attached hydrogens (primary N) is 1. The smallest absolute Gasteiger partial charge is 0.169 e. The maximum absolute atomic E-state index is 6.27. The molecule has 110 valence electrons. The molecule has 3 rings (SSSR count). The Kier molecular flexibility index (Phi) is 4.18. The first-order chi connectivity index (χ1) is 10.1. The zero-order valence-electron chi connectivity index (χ0n) is 10.9. The summed E-state index contributed by atoms with van der Waals surface area (Å²) in [5.74, 6) is 1.17. The van der Waals surface area contributed by atoms with Crippen molar-refractivity contribution in [1.29, 1.82) is 0 Å². The first-order valence-corrected chi connectivity index (χ1v) is 7.50. The molecular formula is C15H12Cl3NO2. The lowest BCUT2D eigenvalue weighted by Crippen LogP contribution is -2.35. The fourth-order valence-electron chi connectivity index (χ4n) is 2.20. The Hall–Kier alpha value is -1.13. The molecule has 0 bridgehead atoms. The molecule has 0 spiro atoms. The first-order valence-electron chi connectivity index (χ1n) is 6.37. The molecule has 2 N–H and O–H groups in total. The molecule has 0 saturated carbocycles. The van der Waals surface area contributed by atoms with Crippen molar-refractivity contribution in [3.63, 3.8) is 0 Å². The SMILES string of the molecule is NC[C@H]1COc2cc(Cl)cc(-c3cc(Cl)ccc3Cl)c2O1. The van der Waals surface area contributed by atoms with E-state index in [-0.39, 0.29) is 6.10 Å². The molecular weight excluding hydrogens is 333 g/mol. The third kappa shape index (κ3) is 2.92. The van der Waals surface area contributed by atoms with Crippen molar-refractivity contribution in [2.24, 2.45) is 5.73 Å². The molecule has 0 unspecified atom stereocenters. The van der Waals surface area contributed by atoms with Gasteiger partial charge in [0, 0.05) is 38.8 Å². The number of ether oxygens (including phenoxy) is 2. The molecule has 3 nitrogen and oxygen atoms in total. The minimum atomic E-state index is -0.199. The van der Waals surface area contributed by atoms with Crippen molar-refractivity contribution in [2.45, 2.75) is 6.10 Å². The summed E-state index contributed by atoms with van der Waals surface area (Å²) in [5, 5.41) is 1.67. The molecule has 0 radical (unpaired) electrons. The normalized spacial score (nSPS) is 16.9. The highest BCUT2D eigenvalue weighted by Gasteiger charge is 2.25. The van der Waals surface area contributed by atoms with Crippen LogP contribution >= 0.6 is 34.8 Å².